The van der Waals surface area contributed by atoms with Gasteiger partial charge in [0, 0.05) is 23.3 Å². The molecule has 8 nitrogen and oxygen atoms in total. The van der Waals surface area contributed by atoms with Gasteiger partial charge in [-0.15, -0.1) is 0 Å². The zero-order valence-corrected chi connectivity index (χ0v) is 12.7. The number of amidine groups is 1. The van der Waals surface area contributed by atoms with Crippen LogP contribution in [0.15, 0.2) is 48.5 Å². The lowest BCUT2D eigenvalue weighted by atomic mass is 10.2. The van der Waals surface area contributed by atoms with Crippen molar-refractivity contribution in [1.29, 1.82) is 5.41 Å². The highest BCUT2D eigenvalue weighted by atomic mass is 16.6. The first-order valence-corrected chi connectivity index (χ1v) is 7.07. The van der Waals surface area contributed by atoms with E-state index >= 15 is 0 Å². The molecule has 2 aromatic rings. The number of nitro benzene ring substituents is 1. The van der Waals surface area contributed by atoms with Gasteiger partial charge in [0.15, 0.2) is 0 Å². The van der Waals surface area contributed by atoms with Gasteiger partial charge in [-0.25, -0.2) is 0 Å². The molecule has 0 atom stereocenters. The van der Waals surface area contributed by atoms with E-state index in [4.69, 9.17) is 15.9 Å². The van der Waals surface area contributed by atoms with Crippen LogP contribution in [-0.2, 0) is 0 Å². The lowest BCUT2D eigenvalue weighted by molar-refractivity contribution is -0.384. The van der Waals surface area contributed by atoms with Crippen LogP contribution in [0.1, 0.15) is 15.9 Å². The van der Waals surface area contributed by atoms with Gasteiger partial charge in [0.05, 0.1) is 11.5 Å². The summed E-state index contributed by atoms with van der Waals surface area (Å²) >= 11 is 0. The summed E-state index contributed by atoms with van der Waals surface area (Å²) in [6.07, 6.45) is 0. The number of amides is 1. The molecule has 1 amide bonds. The van der Waals surface area contributed by atoms with Gasteiger partial charge in [-0.05, 0) is 24.3 Å². The van der Waals surface area contributed by atoms with E-state index in [9.17, 15) is 14.9 Å². The number of nitro groups is 1. The second-order valence-electron chi connectivity index (χ2n) is 4.85. The van der Waals surface area contributed by atoms with Crippen LogP contribution in [0.2, 0.25) is 0 Å². The molecule has 0 aliphatic rings. The Morgan fingerprint density at radius 3 is 2.54 bits per heavy atom. The minimum absolute atomic E-state index is 0.0491. The molecule has 0 aliphatic carbocycles. The number of carbonyl (C=O) groups is 1. The SMILES string of the molecule is N=C(N)c1cccc(OCCNC(=O)c2ccc([N+](=O)[O-])cc2)c1. The van der Waals surface area contributed by atoms with Crippen LogP contribution in [0.3, 0.4) is 0 Å². The molecule has 0 saturated heterocycles. The topological polar surface area (TPSA) is 131 Å². The number of benzene rings is 2. The van der Waals surface area contributed by atoms with E-state index < -0.39 is 4.92 Å². The first kappa shape index (κ1) is 16.9. The number of rotatable bonds is 7. The fourth-order valence-corrected chi connectivity index (χ4v) is 1.92. The third-order valence-corrected chi connectivity index (χ3v) is 3.14. The number of nitrogens with zero attached hydrogens (tertiary/aromatic N) is 1. The number of nitrogen functional groups attached to an aromatic ring is 1. The summed E-state index contributed by atoms with van der Waals surface area (Å²) in [6.45, 7) is 0.500. The standard InChI is InChI=1S/C16H16N4O4/c17-15(18)12-2-1-3-14(10-12)24-9-8-19-16(21)11-4-6-13(7-5-11)20(22)23/h1-7,10H,8-9H2,(H3,17,18)(H,19,21). The summed E-state index contributed by atoms with van der Waals surface area (Å²) in [5.41, 5.74) is 6.22. The van der Waals surface area contributed by atoms with Crippen molar-refractivity contribution < 1.29 is 14.5 Å². The Kier molecular flexibility index (Phi) is 5.45. The highest BCUT2D eigenvalue weighted by Crippen LogP contribution is 2.13. The lowest BCUT2D eigenvalue weighted by Gasteiger charge is -2.09. The summed E-state index contributed by atoms with van der Waals surface area (Å²) in [7, 11) is 0. The lowest BCUT2D eigenvalue weighted by Crippen LogP contribution is -2.28. The molecule has 2 aromatic carbocycles. The Labute approximate surface area is 137 Å². The van der Waals surface area contributed by atoms with Gasteiger partial charge in [0.2, 0.25) is 0 Å². The van der Waals surface area contributed by atoms with Crippen molar-refractivity contribution in [2.45, 2.75) is 0 Å². The quantitative estimate of drug-likeness (QED) is 0.234. The third-order valence-electron chi connectivity index (χ3n) is 3.14. The summed E-state index contributed by atoms with van der Waals surface area (Å²) < 4.78 is 5.48. The van der Waals surface area contributed by atoms with Crippen LogP contribution in [0.25, 0.3) is 0 Å². The molecule has 4 N–H and O–H groups in total. The van der Waals surface area contributed by atoms with Crippen LogP contribution < -0.4 is 15.8 Å². The fourth-order valence-electron chi connectivity index (χ4n) is 1.92. The van der Waals surface area contributed by atoms with Crippen LogP contribution in [0.5, 0.6) is 5.75 Å². The largest absolute Gasteiger partial charge is 0.492 e. The maximum atomic E-state index is 11.9. The predicted octanol–water partition coefficient (Wildman–Crippen LogP) is 1.69. The Bertz CT molecular complexity index is 759. The second-order valence-corrected chi connectivity index (χ2v) is 4.85. The monoisotopic (exact) mass is 328 g/mol. The average Bonchev–Trinajstić information content (AvgIpc) is 2.59. The Hall–Kier alpha value is -3.42. The first-order chi connectivity index (χ1) is 11.5. The zero-order chi connectivity index (χ0) is 17.5. The van der Waals surface area contributed by atoms with E-state index in [1.165, 1.54) is 24.3 Å². The summed E-state index contributed by atoms with van der Waals surface area (Å²) in [6, 6.07) is 12.1. The summed E-state index contributed by atoms with van der Waals surface area (Å²) in [5, 5.41) is 20.6. The number of ether oxygens (including phenoxy) is 1. The molecule has 0 fully saturated rings. The number of nitrogens with one attached hydrogen (secondary N) is 2. The molecule has 0 aliphatic heterocycles. The van der Waals surface area contributed by atoms with Crippen molar-refractivity contribution >= 4 is 17.4 Å². The number of hydrogen-bond donors (Lipinski definition) is 3. The number of hydrogen-bond acceptors (Lipinski definition) is 5. The van der Waals surface area contributed by atoms with E-state index in [-0.39, 0.29) is 30.6 Å². The number of carbonyl (C=O) groups excluding carboxylic acids is 1. The molecule has 0 radical (unpaired) electrons. The van der Waals surface area contributed by atoms with Gasteiger partial charge in [-0.1, -0.05) is 12.1 Å². The first-order valence-electron chi connectivity index (χ1n) is 7.07. The molecule has 0 spiro atoms. The number of non-ortho nitro benzene ring substituents is 1. The van der Waals surface area contributed by atoms with E-state index in [1.54, 1.807) is 24.3 Å². The van der Waals surface area contributed by atoms with Crippen LogP contribution in [0.4, 0.5) is 5.69 Å². The molecular weight excluding hydrogens is 312 g/mol. The predicted molar refractivity (Wildman–Crippen MR) is 88.4 cm³/mol. The molecule has 0 unspecified atom stereocenters. The smallest absolute Gasteiger partial charge is 0.269 e. The van der Waals surface area contributed by atoms with Crippen molar-refractivity contribution in [2.75, 3.05) is 13.2 Å². The Morgan fingerprint density at radius 1 is 1.21 bits per heavy atom. The van der Waals surface area contributed by atoms with Gasteiger partial charge in [0.25, 0.3) is 11.6 Å². The molecule has 124 valence electrons. The summed E-state index contributed by atoms with van der Waals surface area (Å²) in [4.78, 5) is 21.9. The molecular formula is C16H16N4O4. The highest BCUT2D eigenvalue weighted by molar-refractivity contribution is 5.95. The minimum Gasteiger partial charge on any atom is -0.492 e. The van der Waals surface area contributed by atoms with E-state index in [0.29, 0.717) is 16.9 Å². The second kappa shape index (κ2) is 7.73. The normalized spacial score (nSPS) is 10.0. The molecule has 0 saturated carbocycles. The minimum atomic E-state index is -0.523. The van der Waals surface area contributed by atoms with Crippen molar-refractivity contribution in [3.8, 4) is 5.75 Å². The van der Waals surface area contributed by atoms with Crippen molar-refractivity contribution in [2.24, 2.45) is 5.73 Å². The van der Waals surface area contributed by atoms with E-state index in [2.05, 4.69) is 5.32 Å². The van der Waals surface area contributed by atoms with Crippen LogP contribution in [-0.4, -0.2) is 29.8 Å². The van der Waals surface area contributed by atoms with Gasteiger partial charge in [0.1, 0.15) is 18.2 Å². The van der Waals surface area contributed by atoms with Gasteiger partial charge in [-0.3, -0.25) is 20.3 Å². The van der Waals surface area contributed by atoms with Gasteiger partial charge >= 0.3 is 0 Å². The Balaban J connectivity index is 1.81. The van der Waals surface area contributed by atoms with Gasteiger partial charge < -0.3 is 15.8 Å². The van der Waals surface area contributed by atoms with Crippen molar-refractivity contribution in [1.82, 2.24) is 5.32 Å². The van der Waals surface area contributed by atoms with Crippen LogP contribution in [0, 0.1) is 15.5 Å². The zero-order valence-electron chi connectivity index (χ0n) is 12.7. The van der Waals surface area contributed by atoms with Crippen molar-refractivity contribution in [3.05, 3.63) is 69.8 Å². The molecule has 8 heteroatoms. The van der Waals surface area contributed by atoms with E-state index in [0.717, 1.165) is 0 Å². The van der Waals surface area contributed by atoms with E-state index in [1.807, 2.05) is 0 Å². The van der Waals surface area contributed by atoms with Crippen LogP contribution >= 0.6 is 0 Å². The molecule has 24 heavy (non-hydrogen) atoms. The fraction of sp³-hybridized carbons (Fsp3) is 0.125. The summed E-state index contributed by atoms with van der Waals surface area (Å²) in [5.74, 6) is 0.158. The van der Waals surface area contributed by atoms with Gasteiger partial charge in [-0.2, -0.15) is 0 Å². The highest BCUT2D eigenvalue weighted by Gasteiger charge is 2.09. The molecule has 0 aromatic heterocycles. The maximum Gasteiger partial charge on any atom is 0.269 e. The van der Waals surface area contributed by atoms with Crippen molar-refractivity contribution in [3.63, 3.8) is 0 Å². The molecule has 0 bridgehead atoms. The molecule has 2 rings (SSSR count). The average molecular weight is 328 g/mol. The molecule has 0 heterocycles. The Morgan fingerprint density at radius 2 is 1.92 bits per heavy atom. The number of nitrogens with two attached hydrogens (primary N) is 1. The third kappa shape index (κ3) is 4.54. The maximum absolute atomic E-state index is 11.9.